The van der Waals surface area contributed by atoms with Gasteiger partial charge in [-0.05, 0) is 31.2 Å². The molecule has 0 aliphatic carbocycles. The summed E-state index contributed by atoms with van der Waals surface area (Å²) in [5, 5.41) is 10.2. The van der Waals surface area contributed by atoms with Gasteiger partial charge >= 0.3 is 0 Å². The van der Waals surface area contributed by atoms with E-state index in [9.17, 15) is 4.79 Å². The molecule has 1 aromatic carbocycles. The first-order chi connectivity index (χ1) is 8.22. The van der Waals surface area contributed by atoms with Gasteiger partial charge in [-0.25, -0.2) is 5.01 Å². The van der Waals surface area contributed by atoms with Crippen LogP contribution >= 0.6 is 0 Å². The van der Waals surface area contributed by atoms with Crippen molar-refractivity contribution in [2.24, 2.45) is 0 Å². The van der Waals surface area contributed by atoms with Gasteiger partial charge in [-0.1, -0.05) is 18.2 Å². The van der Waals surface area contributed by atoms with E-state index in [2.05, 4.69) is 5.43 Å². The van der Waals surface area contributed by atoms with Crippen molar-refractivity contribution in [2.75, 3.05) is 0 Å². The van der Waals surface area contributed by atoms with Crippen LogP contribution in [0.4, 0.5) is 0 Å². The molecular weight excluding hydrogens is 214 g/mol. The Bertz CT molecular complexity index is 538. The van der Waals surface area contributed by atoms with Crippen molar-refractivity contribution < 1.29 is 4.79 Å². The summed E-state index contributed by atoms with van der Waals surface area (Å²) in [5.41, 5.74) is 4.50. The Hall–Kier alpha value is -2.54. The third kappa shape index (κ3) is 2.18. The fraction of sp³-hybridized carbons (Fsp3) is 0.0769. The highest BCUT2D eigenvalue weighted by Crippen LogP contribution is 2.13. The van der Waals surface area contributed by atoms with Gasteiger partial charge in [0.15, 0.2) is 0 Å². The maximum atomic E-state index is 12.2. The fourth-order valence-corrected chi connectivity index (χ4v) is 1.51. The number of hydrogen-bond donors (Lipinski definition) is 1. The van der Waals surface area contributed by atoms with E-state index in [4.69, 9.17) is 5.26 Å². The Balaban J connectivity index is 2.30. The molecule has 0 spiro atoms. The van der Waals surface area contributed by atoms with Crippen LogP contribution in [0.5, 0.6) is 0 Å². The van der Waals surface area contributed by atoms with Crippen LogP contribution in [0.15, 0.2) is 53.9 Å². The molecule has 17 heavy (non-hydrogen) atoms. The lowest BCUT2D eigenvalue weighted by Crippen LogP contribution is -2.42. The second-order valence-corrected chi connectivity index (χ2v) is 3.63. The molecule has 1 heterocycles. The van der Waals surface area contributed by atoms with Gasteiger partial charge in [-0.3, -0.25) is 10.2 Å². The third-order valence-electron chi connectivity index (χ3n) is 2.36. The lowest BCUT2D eigenvalue weighted by molar-refractivity contribution is 0.0758. The highest BCUT2D eigenvalue weighted by molar-refractivity contribution is 5.95. The molecule has 2 rings (SSSR count). The number of amides is 1. The molecule has 0 unspecified atom stereocenters. The van der Waals surface area contributed by atoms with Crippen LogP contribution in [-0.4, -0.2) is 10.9 Å². The summed E-state index contributed by atoms with van der Waals surface area (Å²) in [5.74, 6) is -0.245. The van der Waals surface area contributed by atoms with E-state index in [1.165, 1.54) is 5.01 Å². The molecule has 4 nitrogen and oxygen atoms in total. The van der Waals surface area contributed by atoms with Crippen molar-refractivity contribution in [3.05, 3.63) is 59.4 Å². The van der Waals surface area contributed by atoms with Gasteiger partial charge in [0.1, 0.15) is 11.8 Å². The summed E-state index contributed by atoms with van der Waals surface area (Å²) in [7, 11) is 0. The molecule has 0 fully saturated rings. The lowest BCUT2D eigenvalue weighted by Gasteiger charge is -2.26. The topological polar surface area (TPSA) is 56.1 Å². The average Bonchev–Trinajstić information content (AvgIpc) is 2.39. The minimum Gasteiger partial charge on any atom is -0.295 e. The molecule has 0 bridgehead atoms. The van der Waals surface area contributed by atoms with Crippen LogP contribution in [0.3, 0.4) is 0 Å². The molecule has 1 aliphatic rings. The predicted octanol–water partition coefficient (Wildman–Crippen LogP) is 1.96. The van der Waals surface area contributed by atoms with E-state index in [0.29, 0.717) is 5.56 Å². The summed E-state index contributed by atoms with van der Waals surface area (Å²) >= 11 is 0. The Morgan fingerprint density at radius 2 is 2.00 bits per heavy atom. The van der Waals surface area contributed by atoms with E-state index in [0.717, 1.165) is 5.70 Å². The van der Waals surface area contributed by atoms with Crippen molar-refractivity contribution in [1.82, 2.24) is 10.4 Å². The van der Waals surface area contributed by atoms with Gasteiger partial charge in [0.05, 0.1) is 0 Å². The smallest absolute Gasteiger partial charge is 0.277 e. The summed E-state index contributed by atoms with van der Waals surface area (Å²) in [6, 6.07) is 10.8. The van der Waals surface area contributed by atoms with E-state index < -0.39 is 0 Å². The minimum absolute atomic E-state index is 0.245. The summed E-state index contributed by atoms with van der Waals surface area (Å²) in [4.78, 5) is 12.2. The average molecular weight is 225 g/mol. The second-order valence-electron chi connectivity index (χ2n) is 3.63. The Morgan fingerprint density at radius 1 is 1.29 bits per heavy atom. The number of nitrogens with one attached hydrogen (secondary N) is 1. The highest BCUT2D eigenvalue weighted by Gasteiger charge is 2.21. The number of hydrazine groups is 1. The van der Waals surface area contributed by atoms with Gasteiger partial charge in [-0.15, -0.1) is 0 Å². The van der Waals surface area contributed by atoms with E-state index in [1.807, 2.05) is 19.1 Å². The molecule has 0 saturated heterocycles. The largest absolute Gasteiger partial charge is 0.295 e. The second kappa shape index (κ2) is 4.54. The van der Waals surface area contributed by atoms with Crippen LogP contribution in [-0.2, 0) is 0 Å². The molecule has 84 valence electrons. The van der Waals surface area contributed by atoms with Crippen LogP contribution in [0.1, 0.15) is 17.3 Å². The number of carbonyl (C=O) groups excluding carboxylic acids is 1. The lowest BCUT2D eigenvalue weighted by atomic mass is 10.2. The molecule has 1 amide bonds. The first-order valence-electron chi connectivity index (χ1n) is 5.17. The quantitative estimate of drug-likeness (QED) is 0.794. The van der Waals surface area contributed by atoms with Crippen molar-refractivity contribution in [1.29, 1.82) is 5.26 Å². The van der Waals surface area contributed by atoms with Crippen molar-refractivity contribution in [3.63, 3.8) is 0 Å². The zero-order chi connectivity index (χ0) is 12.3. The number of allylic oxidation sites excluding steroid dienone is 4. The fourth-order valence-electron chi connectivity index (χ4n) is 1.51. The first kappa shape index (κ1) is 11.0. The number of hydrogen-bond acceptors (Lipinski definition) is 3. The predicted molar refractivity (Wildman–Crippen MR) is 63.2 cm³/mol. The highest BCUT2D eigenvalue weighted by atomic mass is 16.2. The minimum atomic E-state index is -0.245. The van der Waals surface area contributed by atoms with Crippen molar-refractivity contribution >= 4 is 5.91 Å². The van der Waals surface area contributed by atoms with Gasteiger partial charge < -0.3 is 0 Å². The molecule has 1 N–H and O–H groups in total. The standard InChI is InChI=1S/C13H11N3O/c1-10-7-8-12(9-14)16(15-10)13(17)11-5-3-2-4-6-11/h2-8,15H,1H3. The maximum absolute atomic E-state index is 12.2. The van der Waals surface area contributed by atoms with Gasteiger partial charge in [0.25, 0.3) is 5.91 Å². The number of nitrogens with zero attached hydrogens (tertiary/aromatic N) is 2. The number of nitriles is 1. The number of rotatable bonds is 1. The van der Waals surface area contributed by atoms with Gasteiger partial charge in [0.2, 0.25) is 0 Å². The zero-order valence-electron chi connectivity index (χ0n) is 9.34. The Labute approximate surface area is 99.4 Å². The summed E-state index contributed by atoms with van der Waals surface area (Å²) in [6.07, 6.45) is 3.38. The van der Waals surface area contributed by atoms with Crippen molar-refractivity contribution in [2.45, 2.75) is 6.92 Å². The zero-order valence-corrected chi connectivity index (χ0v) is 9.34. The molecule has 1 aromatic rings. The molecule has 0 aromatic heterocycles. The number of benzene rings is 1. The maximum Gasteiger partial charge on any atom is 0.277 e. The van der Waals surface area contributed by atoms with Gasteiger partial charge in [-0.2, -0.15) is 5.26 Å². The van der Waals surface area contributed by atoms with E-state index in [-0.39, 0.29) is 11.6 Å². The summed E-state index contributed by atoms with van der Waals surface area (Å²) < 4.78 is 0. The van der Waals surface area contributed by atoms with Crippen molar-refractivity contribution in [3.8, 4) is 6.07 Å². The normalized spacial score (nSPS) is 14.2. The summed E-state index contributed by atoms with van der Waals surface area (Å²) in [6.45, 7) is 1.83. The number of carbonyl (C=O) groups is 1. The van der Waals surface area contributed by atoms with Gasteiger partial charge in [0, 0.05) is 11.3 Å². The molecule has 0 atom stereocenters. The van der Waals surface area contributed by atoms with Crippen LogP contribution in [0.25, 0.3) is 0 Å². The molecular formula is C13H11N3O. The monoisotopic (exact) mass is 225 g/mol. The van der Waals surface area contributed by atoms with Crippen LogP contribution < -0.4 is 5.43 Å². The SMILES string of the molecule is CC1=CC=C(C#N)N(C(=O)c2ccccc2)N1. The Kier molecular flexibility index (Phi) is 2.93. The van der Waals surface area contributed by atoms with Crippen LogP contribution in [0, 0.1) is 11.3 Å². The molecule has 1 aliphatic heterocycles. The van der Waals surface area contributed by atoms with Crippen LogP contribution in [0.2, 0.25) is 0 Å². The van der Waals surface area contributed by atoms with E-state index >= 15 is 0 Å². The molecule has 0 saturated carbocycles. The first-order valence-corrected chi connectivity index (χ1v) is 5.17. The molecule has 0 radical (unpaired) electrons. The molecule has 4 heteroatoms. The third-order valence-corrected chi connectivity index (χ3v) is 2.36. The Morgan fingerprint density at radius 3 is 2.65 bits per heavy atom. The van der Waals surface area contributed by atoms with E-state index in [1.54, 1.807) is 36.4 Å².